The minimum atomic E-state index is -0.560. The zero-order chi connectivity index (χ0) is 19.6. The van der Waals surface area contributed by atoms with Gasteiger partial charge in [-0.25, -0.2) is 0 Å². The Balaban J connectivity index is 1.93. The second kappa shape index (κ2) is 8.14. The topological polar surface area (TPSA) is 92.5 Å². The van der Waals surface area contributed by atoms with Crippen LogP contribution >= 0.6 is 23.1 Å². The van der Waals surface area contributed by atoms with E-state index in [1.807, 2.05) is 25.1 Å². The van der Waals surface area contributed by atoms with E-state index in [1.54, 1.807) is 22.7 Å². The molecule has 3 amide bonds. The van der Waals surface area contributed by atoms with E-state index in [1.165, 1.54) is 18.3 Å². The molecule has 0 aliphatic carbocycles. The van der Waals surface area contributed by atoms with E-state index in [-0.39, 0.29) is 11.8 Å². The molecule has 1 aliphatic rings. The summed E-state index contributed by atoms with van der Waals surface area (Å²) < 4.78 is 0. The van der Waals surface area contributed by atoms with Gasteiger partial charge in [-0.1, -0.05) is 19.1 Å². The molecule has 0 fully saturated rings. The van der Waals surface area contributed by atoms with Crippen LogP contribution in [0.25, 0.3) is 0 Å². The fraction of sp³-hybridized carbons (Fsp3) is 0.316. The number of primary amides is 1. The standard InChI is InChI=1S/C19H21N3O3S2/c1-3-26-14-7-5-4-6-13(14)18(25)21-19-16(17(20)24)12-8-9-22(11(2)23)10-15(12)27-19/h4-7H,3,8-10H2,1-2H3,(H2,20,24)(H,21,25). The summed E-state index contributed by atoms with van der Waals surface area (Å²) in [7, 11) is 0. The van der Waals surface area contributed by atoms with Crippen molar-refractivity contribution >= 4 is 45.8 Å². The molecule has 142 valence electrons. The van der Waals surface area contributed by atoms with Gasteiger partial charge in [-0.15, -0.1) is 23.1 Å². The molecular weight excluding hydrogens is 382 g/mol. The Hall–Kier alpha value is -2.32. The van der Waals surface area contributed by atoms with Crippen LogP contribution in [-0.2, 0) is 17.8 Å². The molecule has 2 heterocycles. The van der Waals surface area contributed by atoms with E-state index in [2.05, 4.69) is 5.32 Å². The van der Waals surface area contributed by atoms with Crippen LogP contribution in [0.4, 0.5) is 5.00 Å². The van der Waals surface area contributed by atoms with Crippen molar-refractivity contribution in [3.8, 4) is 0 Å². The van der Waals surface area contributed by atoms with Gasteiger partial charge in [0.2, 0.25) is 5.91 Å². The summed E-state index contributed by atoms with van der Waals surface area (Å²) >= 11 is 2.91. The van der Waals surface area contributed by atoms with Gasteiger partial charge in [-0.3, -0.25) is 14.4 Å². The fourth-order valence-electron chi connectivity index (χ4n) is 3.13. The Labute approximate surface area is 166 Å². The molecule has 0 atom stereocenters. The lowest BCUT2D eigenvalue weighted by Gasteiger charge is -2.25. The maximum atomic E-state index is 12.8. The maximum Gasteiger partial charge on any atom is 0.257 e. The Morgan fingerprint density at radius 3 is 2.70 bits per heavy atom. The van der Waals surface area contributed by atoms with Gasteiger partial charge in [0.25, 0.3) is 11.8 Å². The van der Waals surface area contributed by atoms with Crippen LogP contribution in [0.2, 0.25) is 0 Å². The van der Waals surface area contributed by atoms with E-state index in [9.17, 15) is 14.4 Å². The number of carbonyl (C=O) groups is 3. The summed E-state index contributed by atoms with van der Waals surface area (Å²) in [4.78, 5) is 40.1. The van der Waals surface area contributed by atoms with Gasteiger partial charge in [-0.2, -0.15) is 0 Å². The highest BCUT2D eigenvalue weighted by molar-refractivity contribution is 7.99. The molecule has 0 radical (unpaired) electrons. The SMILES string of the molecule is CCSc1ccccc1C(=O)Nc1sc2c(c1C(N)=O)CCN(C(C)=O)C2. The van der Waals surface area contributed by atoms with Crippen molar-refractivity contribution in [2.24, 2.45) is 5.73 Å². The third-order valence-electron chi connectivity index (χ3n) is 4.41. The van der Waals surface area contributed by atoms with Crippen molar-refractivity contribution in [3.05, 3.63) is 45.8 Å². The smallest absolute Gasteiger partial charge is 0.257 e. The number of hydrogen-bond donors (Lipinski definition) is 2. The minimum Gasteiger partial charge on any atom is -0.365 e. The molecule has 3 rings (SSSR count). The average molecular weight is 404 g/mol. The largest absolute Gasteiger partial charge is 0.365 e. The van der Waals surface area contributed by atoms with Crippen LogP contribution in [0.3, 0.4) is 0 Å². The monoisotopic (exact) mass is 403 g/mol. The van der Waals surface area contributed by atoms with Gasteiger partial charge < -0.3 is 16.0 Å². The highest BCUT2D eigenvalue weighted by Crippen LogP contribution is 2.37. The Morgan fingerprint density at radius 1 is 1.30 bits per heavy atom. The van der Waals surface area contributed by atoms with Gasteiger partial charge in [0.15, 0.2) is 0 Å². The molecule has 8 heteroatoms. The van der Waals surface area contributed by atoms with E-state index < -0.39 is 5.91 Å². The van der Waals surface area contributed by atoms with Crippen molar-refractivity contribution < 1.29 is 14.4 Å². The molecule has 1 aromatic heterocycles. The summed E-state index contributed by atoms with van der Waals surface area (Å²) in [6.45, 7) is 4.54. The van der Waals surface area contributed by atoms with E-state index >= 15 is 0 Å². The summed E-state index contributed by atoms with van der Waals surface area (Å²) in [5.74, 6) is 0.0162. The van der Waals surface area contributed by atoms with Crippen LogP contribution in [0, 0.1) is 0 Å². The van der Waals surface area contributed by atoms with Gasteiger partial charge in [-0.05, 0) is 29.9 Å². The zero-order valence-electron chi connectivity index (χ0n) is 15.2. The molecular formula is C19H21N3O3S2. The lowest BCUT2D eigenvalue weighted by Crippen LogP contribution is -2.34. The molecule has 3 N–H and O–H groups in total. The Bertz CT molecular complexity index is 908. The number of anilines is 1. The predicted molar refractivity (Wildman–Crippen MR) is 108 cm³/mol. The van der Waals surface area contributed by atoms with E-state index in [4.69, 9.17) is 5.73 Å². The number of nitrogens with zero attached hydrogens (tertiary/aromatic N) is 1. The number of fused-ring (bicyclic) bond motifs is 1. The first-order chi connectivity index (χ1) is 12.9. The molecule has 1 aliphatic heterocycles. The summed E-state index contributed by atoms with van der Waals surface area (Å²) in [6.07, 6.45) is 0.557. The normalized spacial score (nSPS) is 13.2. The molecule has 1 aromatic carbocycles. The van der Waals surface area contributed by atoms with Gasteiger partial charge in [0.1, 0.15) is 5.00 Å². The van der Waals surface area contributed by atoms with Crippen LogP contribution in [0.15, 0.2) is 29.2 Å². The van der Waals surface area contributed by atoms with Crippen molar-refractivity contribution in [3.63, 3.8) is 0 Å². The number of carbonyl (C=O) groups excluding carboxylic acids is 3. The molecule has 0 saturated heterocycles. The maximum absolute atomic E-state index is 12.8. The Kier molecular flexibility index (Phi) is 5.86. The number of nitrogens with one attached hydrogen (secondary N) is 1. The molecule has 0 saturated carbocycles. The number of amides is 3. The van der Waals surface area contributed by atoms with Crippen LogP contribution in [0.1, 0.15) is 45.0 Å². The lowest BCUT2D eigenvalue weighted by atomic mass is 10.0. The molecule has 0 spiro atoms. The van der Waals surface area contributed by atoms with Gasteiger partial charge in [0.05, 0.1) is 17.7 Å². The Morgan fingerprint density at radius 2 is 2.04 bits per heavy atom. The summed E-state index contributed by atoms with van der Waals surface area (Å²) in [5, 5.41) is 3.33. The first-order valence-electron chi connectivity index (χ1n) is 8.65. The average Bonchev–Trinajstić information content (AvgIpc) is 2.99. The lowest BCUT2D eigenvalue weighted by molar-refractivity contribution is -0.129. The first kappa shape index (κ1) is 19.4. The van der Waals surface area contributed by atoms with Gasteiger partial charge in [0, 0.05) is 23.2 Å². The quantitative estimate of drug-likeness (QED) is 0.750. The molecule has 27 heavy (non-hydrogen) atoms. The summed E-state index contributed by atoms with van der Waals surface area (Å²) in [5.41, 5.74) is 7.38. The van der Waals surface area contributed by atoms with E-state index in [0.29, 0.717) is 35.6 Å². The molecule has 6 nitrogen and oxygen atoms in total. The number of benzene rings is 1. The van der Waals surface area contributed by atoms with Crippen LogP contribution in [-0.4, -0.2) is 34.9 Å². The number of nitrogens with two attached hydrogens (primary N) is 1. The number of thiophene rings is 1. The first-order valence-corrected chi connectivity index (χ1v) is 10.5. The molecule has 2 aromatic rings. The van der Waals surface area contributed by atoms with Crippen molar-refractivity contribution in [2.75, 3.05) is 17.6 Å². The minimum absolute atomic E-state index is 0.00854. The zero-order valence-corrected chi connectivity index (χ0v) is 16.8. The third-order valence-corrected chi connectivity index (χ3v) is 6.50. The molecule has 0 bridgehead atoms. The number of hydrogen-bond acceptors (Lipinski definition) is 5. The summed E-state index contributed by atoms with van der Waals surface area (Å²) in [6, 6.07) is 7.38. The van der Waals surface area contributed by atoms with E-state index in [0.717, 1.165) is 21.1 Å². The fourth-order valence-corrected chi connectivity index (χ4v) is 5.19. The third kappa shape index (κ3) is 4.01. The second-order valence-electron chi connectivity index (χ2n) is 6.15. The van der Waals surface area contributed by atoms with Crippen LogP contribution in [0.5, 0.6) is 0 Å². The van der Waals surface area contributed by atoms with Crippen molar-refractivity contribution in [1.82, 2.24) is 4.90 Å². The number of rotatable bonds is 5. The van der Waals surface area contributed by atoms with Crippen LogP contribution < -0.4 is 11.1 Å². The predicted octanol–water partition coefficient (Wildman–Crippen LogP) is 3.12. The number of thioether (sulfide) groups is 1. The second-order valence-corrected chi connectivity index (χ2v) is 8.56. The van der Waals surface area contributed by atoms with Crippen molar-refractivity contribution in [1.29, 1.82) is 0 Å². The van der Waals surface area contributed by atoms with Crippen molar-refractivity contribution in [2.45, 2.75) is 31.7 Å². The molecule has 0 unspecified atom stereocenters. The highest BCUT2D eigenvalue weighted by atomic mass is 32.2. The van der Waals surface area contributed by atoms with Gasteiger partial charge >= 0.3 is 0 Å². The highest BCUT2D eigenvalue weighted by Gasteiger charge is 2.28.